The van der Waals surface area contributed by atoms with Gasteiger partial charge in [-0.2, -0.15) is 0 Å². The molecule has 4 nitrogen and oxygen atoms in total. The lowest BCUT2D eigenvalue weighted by atomic mass is 10.0. The molecule has 0 fully saturated rings. The molecule has 24 heavy (non-hydrogen) atoms. The van der Waals surface area contributed by atoms with Crippen molar-refractivity contribution in [1.82, 2.24) is 0 Å². The van der Waals surface area contributed by atoms with Crippen molar-refractivity contribution in [1.29, 1.82) is 0 Å². The van der Waals surface area contributed by atoms with Gasteiger partial charge in [0.05, 0.1) is 25.2 Å². The molecule has 0 unspecified atom stereocenters. The standard InChI is InChI=1S/C18H15Cl2NO3/c1-21(2)9-12-15(22)7-6-10-17(23)16(24-18(10)12)8-11-13(19)4-3-5-14(11)20/h3-8,22H,9H2,1-2H3/p+1/b16-8-. The molecular weight excluding hydrogens is 349 g/mol. The summed E-state index contributed by atoms with van der Waals surface area (Å²) in [5, 5.41) is 11.0. The van der Waals surface area contributed by atoms with Crippen LogP contribution in [0.4, 0.5) is 0 Å². The number of benzene rings is 2. The first-order valence-corrected chi connectivity index (χ1v) is 8.16. The molecule has 124 valence electrons. The van der Waals surface area contributed by atoms with E-state index >= 15 is 0 Å². The maximum Gasteiger partial charge on any atom is 0.231 e. The first-order chi connectivity index (χ1) is 11.4. The molecule has 0 radical (unpaired) electrons. The third-order valence-electron chi connectivity index (χ3n) is 3.72. The van der Waals surface area contributed by atoms with E-state index in [2.05, 4.69) is 0 Å². The van der Waals surface area contributed by atoms with Crippen molar-refractivity contribution in [3.8, 4) is 11.5 Å². The number of Topliss-reactive ketones (excluding diaryl/α,β-unsaturated/α-hetero) is 1. The third-order valence-corrected chi connectivity index (χ3v) is 4.38. The van der Waals surface area contributed by atoms with Crippen LogP contribution in [-0.2, 0) is 6.54 Å². The fourth-order valence-electron chi connectivity index (χ4n) is 2.60. The molecule has 0 spiro atoms. The Labute approximate surface area is 149 Å². The van der Waals surface area contributed by atoms with Crippen LogP contribution in [0.25, 0.3) is 6.08 Å². The van der Waals surface area contributed by atoms with Gasteiger partial charge in [-0.3, -0.25) is 4.79 Å². The van der Waals surface area contributed by atoms with Crippen LogP contribution in [0.2, 0.25) is 10.0 Å². The van der Waals surface area contributed by atoms with Gasteiger partial charge >= 0.3 is 0 Å². The van der Waals surface area contributed by atoms with Crippen LogP contribution < -0.4 is 9.64 Å². The van der Waals surface area contributed by atoms with Crippen LogP contribution in [0.1, 0.15) is 21.5 Å². The number of allylic oxidation sites excluding steroid dienone is 1. The lowest BCUT2D eigenvalue weighted by Gasteiger charge is -2.12. The highest BCUT2D eigenvalue weighted by atomic mass is 35.5. The van der Waals surface area contributed by atoms with Crippen molar-refractivity contribution in [2.75, 3.05) is 14.1 Å². The molecule has 2 aromatic carbocycles. The molecule has 1 aliphatic heterocycles. The SMILES string of the molecule is C[NH+](C)Cc1c(O)ccc2c1O/C(=C\c1c(Cl)cccc1Cl)C2=O. The zero-order chi connectivity index (χ0) is 17.4. The van der Waals surface area contributed by atoms with Crippen LogP contribution in [0.3, 0.4) is 0 Å². The van der Waals surface area contributed by atoms with Crippen molar-refractivity contribution in [2.45, 2.75) is 6.54 Å². The van der Waals surface area contributed by atoms with Crippen molar-refractivity contribution in [3.05, 3.63) is 62.8 Å². The van der Waals surface area contributed by atoms with E-state index in [1.165, 1.54) is 12.1 Å². The maximum atomic E-state index is 12.6. The summed E-state index contributed by atoms with van der Waals surface area (Å²) in [6, 6.07) is 8.20. The summed E-state index contributed by atoms with van der Waals surface area (Å²) in [6.07, 6.45) is 1.54. The van der Waals surface area contributed by atoms with Crippen molar-refractivity contribution < 1.29 is 19.5 Å². The van der Waals surface area contributed by atoms with Crippen LogP contribution in [-0.4, -0.2) is 25.0 Å². The van der Waals surface area contributed by atoms with Gasteiger partial charge in [0, 0.05) is 15.6 Å². The van der Waals surface area contributed by atoms with E-state index in [1.807, 2.05) is 14.1 Å². The normalized spacial score (nSPS) is 15.0. The fourth-order valence-corrected chi connectivity index (χ4v) is 3.11. The predicted octanol–water partition coefficient (Wildman–Crippen LogP) is 2.96. The smallest absolute Gasteiger partial charge is 0.231 e. The largest absolute Gasteiger partial charge is 0.507 e. The number of carbonyl (C=O) groups is 1. The van der Waals surface area contributed by atoms with Crippen molar-refractivity contribution in [3.63, 3.8) is 0 Å². The number of quaternary nitrogens is 1. The van der Waals surface area contributed by atoms with Gasteiger partial charge < -0.3 is 14.7 Å². The van der Waals surface area contributed by atoms with Gasteiger partial charge in [-0.05, 0) is 30.3 Å². The zero-order valence-corrected chi connectivity index (χ0v) is 14.7. The summed E-state index contributed by atoms with van der Waals surface area (Å²) in [5.41, 5.74) is 1.56. The Morgan fingerprint density at radius 2 is 1.83 bits per heavy atom. The van der Waals surface area contributed by atoms with Gasteiger partial charge in [0.25, 0.3) is 0 Å². The molecule has 6 heteroatoms. The van der Waals surface area contributed by atoms with Crippen molar-refractivity contribution in [2.24, 2.45) is 0 Å². The van der Waals surface area contributed by atoms with Crippen LogP contribution in [0.5, 0.6) is 11.5 Å². The molecule has 0 saturated heterocycles. The molecule has 0 atom stereocenters. The fraction of sp³-hybridized carbons (Fsp3) is 0.167. The van der Waals surface area contributed by atoms with Gasteiger partial charge in [0.1, 0.15) is 12.3 Å². The van der Waals surface area contributed by atoms with E-state index in [0.717, 1.165) is 4.90 Å². The Morgan fingerprint density at radius 3 is 2.46 bits per heavy atom. The van der Waals surface area contributed by atoms with Crippen molar-refractivity contribution >= 4 is 35.1 Å². The number of hydrogen-bond donors (Lipinski definition) is 2. The second kappa shape index (κ2) is 6.48. The zero-order valence-electron chi connectivity index (χ0n) is 13.2. The lowest BCUT2D eigenvalue weighted by molar-refractivity contribution is -0.872. The molecule has 0 aliphatic carbocycles. The molecule has 2 N–H and O–H groups in total. The molecule has 2 aromatic rings. The average Bonchev–Trinajstić information content (AvgIpc) is 2.82. The van der Waals surface area contributed by atoms with Gasteiger partial charge in [-0.15, -0.1) is 0 Å². The van der Waals surface area contributed by atoms with Gasteiger partial charge in [0.15, 0.2) is 11.5 Å². The lowest BCUT2D eigenvalue weighted by Crippen LogP contribution is -3.04. The molecule has 0 amide bonds. The molecule has 3 rings (SSSR count). The first-order valence-electron chi connectivity index (χ1n) is 7.40. The number of rotatable bonds is 3. The molecule has 0 aromatic heterocycles. The van der Waals surface area contributed by atoms with Gasteiger partial charge in [-0.25, -0.2) is 0 Å². The second-order valence-electron chi connectivity index (χ2n) is 5.90. The molecule has 0 bridgehead atoms. The highest BCUT2D eigenvalue weighted by Crippen LogP contribution is 2.40. The summed E-state index contributed by atoms with van der Waals surface area (Å²) < 4.78 is 5.77. The summed E-state index contributed by atoms with van der Waals surface area (Å²) in [6.45, 7) is 0.530. The van der Waals surface area contributed by atoms with Gasteiger partial charge in [0.2, 0.25) is 5.78 Å². The van der Waals surface area contributed by atoms with E-state index in [0.29, 0.717) is 39.0 Å². The number of hydrogen-bond acceptors (Lipinski definition) is 3. The Balaban J connectivity index is 2.07. The predicted molar refractivity (Wildman–Crippen MR) is 94.0 cm³/mol. The number of halogens is 2. The summed E-state index contributed by atoms with van der Waals surface area (Å²) >= 11 is 12.3. The Bertz CT molecular complexity index is 839. The van der Waals surface area contributed by atoms with Crippen LogP contribution in [0.15, 0.2) is 36.1 Å². The maximum absolute atomic E-state index is 12.6. The highest BCUT2D eigenvalue weighted by Gasteiger charge is 2.32. The monoisotopic (exact) mass is 364 g/mol. The van der Waals surface area contributed by atoms with E-state index in [4.69, 9.17) is 27.9 Å². The number of aromatic hydroxyl groups is 1. The topological polar surface area (TPSA) is 51.0 Å². The van der Waals surface area contributed by atoms with E-state index in [9.17, 15) is 9.90 Å². The Hall–Kier alpha value is -2.01. The minimum Gasteiger partial charge on any atom is -0.507 e. The summed E-state index contributed by atoms with van der Waals surface area (Å²) in [5.74, 6) is 0.395. The molecular formula is C18H16Cl2NO3+. The summed E-state index contributed by atoms with van der Waals surface area (Å²) in [4.78, 5) is 13.7. The van der Waals surface area contributed by atoms with Crippen LogP contribution in [0, 0.1) is 0 Å². The number of nitrogens with one attached hydrogen (secondary N) is 1. The van der Waals surface area contributed by atoms with Gasteiger partial charge in [-0.1, -0.05) is 29.3 Å². The first kappa shape index (κ1) is 16.8. The van der Waals surface area contributed by atoms with E-state index < -0.39 is 0 Å². The summed E-state index contributed by atoms with van der Waals surface area (Å²) in [7, 11) is 3.91. The molecule has 1 heterocycles. The number of ketones is 1. The number of ether oxygens (including phenoxy) is 1. The second-order valence-corrected chi connectivity index (χ2v) is 6.71. The van der Waals surface area contributed by atoms with Crippen LogP contribution >= 0.6 is 23.2 Å². The Kier molecular flexibility index (Phi) is 4.54. The molecule has 1 aliphatic rings. The number of phenolic OH excluding ortho intramolecular Hbond substituents is 1. The number of carbonyl (C=O) groups excluding carboxylic acids is 1. The highest BCUT2D eigenvalue weighted by molar-refractivity contribution is 6.37. The average molecular weight is 365 g/mol. The molecule has 0 saturated carbocycles. The number of phenols is 1. The Morgan fingerprint density at radius 1 is 1.17 bits per heavy atom. The van der Waals surface area contributed by atoms with E-state index in [1.54, 1.807) is 24.3 Å². The quantitative estimate of drug-likeness (QED) is 0.823. The van der Waals surface area contributed by atoms with E-state index in [-0.39, 0.29) is 17.3 Å². The number of fused-ring (bicyclic) bond motifs is 1. The third kappa shape index (κ3) is 3.00. The minimum absolute atomic E-state index is 0.111. The minimum atomic E-state index is -0.254.